The smallest absolute Gasteiger partial charge is 0.213 e. The molecule has 0 radical (unpaired) electrons. The lowest BCUT2D eigenvalue weighted by Gasteiger charge is -2.38. The minimum atomic E-state index is -0.252. The zero-order valence-electron chi connectivity index (χ0n) is 16.4. The Morgan fingerprint density at radius 2 is 1.90 bits per heavy atom. The number of benzene rings is 3. The molecule has 2 aliphatic rings. The van der Waals surface area contributed by atoms with E-state index in [-0.39, 0.29) is 12.3 Å². The molecule has 3 aromatic carbocycles. The highest BCUT2D eigenvalue weighted by atomic mass is 79.9. The maximum Gasteiger partial charge on any atom is 0.213 e. The van der Waals surface area contributed by atoms with Crippen LogP contribution in [0.4, 0.5) is 0 Å². The second-order valence-electron chi connectivity index (χ2n) is 7.33. The monoisotopic (exact) mass is 460 g/mol. The van der Waals surface area contributed by atoms with Crippen LogP contribution < -0.4 is 9.47 Å². The van der Waals surface area contributed by atoms with Crippen molar-refractivity contribution in [1.82, 2.24) is 5.01 Å². The molecule has 5 rings (SSSR count). The largest absolute Gasteiger partial charge is 0.490 e. The van der Waals surface area contributed by atoms with E-state index < -0.39 is 0 Å². The summed E-state index contributed by atoms with van der Waals surface area (Å²) in [6.07, 6.45) is 2.31. The summed E-state index contributed by atoms with van der Waals surface area (Å²) in [5.41, 5.74) is 4.39. The van der Waals surface area contributed by atoms with Crippen LogP contribution in [-0.2, 0) is 0 Å². The van der Waals surface area contributed by atoms with Crippen LogP contribution in [0.3, 0.4) is 0 Å². The van der Waals surface area contributed by atoms with E-state index in [9.17, 15) is 0 Å². The Bertz CT molecular complexity index is 1100. The molecule has 30 heavy (non-hydrogen) atoms. The minimum Gasteiger partial charge on any atom is -0.490 e. The molecular formula is C25H21BrN2O2. The number of hydrogen-bond donors (Lipinski definition) is 0. The number of hydrogen-bond acceptors (Lipinski definition) is 4. The third kappa shape index (κ3) is 3.50. The van der Waals surface area contributed by atoms with Crippen LogP contribution in [0.25, 0.3) is 0 Å². The Kier molecular flexibility index (Phi) is 5.05. The molecule has 5 heteroatoms. The first kappa shape index (κ1) is 18.9. The first-order valence-electron chi connectivity index (χ1n) is 9.94. The average Bonchev–Trinajstić information content (AvgIpc) is 3.24. The molecule has 150 valence electrons. The summed E-state index contributed by atoms with van der Waals surface area (Å²) in [6, 6.07) is 24.7. The predicted molar refractivity (Wildman–Crippen MR) is 122 cm³/mol. The van der Waals surface area contributed by atoms with Crippen LogP contribution in [0.2, 0.25) is 0 Å². The second-order valence-corrected chi connectivity index (χ2v) is 8.25. The lowest BCUT2D eigenvalue weighted by Crippen LogP contribution is -2.33. The Hall–Kier alpha value is -3.05. The molecule has 0 bridgehead atoms. The van der Waals surface area contributed by atoms with Gasteiger partial charge in [0.05, 0.1) is 11.8 Å². The van der Waals surface area contributed by atoms with Gasteiger partial charge in [0.2, 0.25) is 6.23 Å². The molecule has 0 aromatic heterocycles. The van der Waals surface area contributed by atoms with Crippen LogP contribution in [0.5, 0.6) is 11.5 Å². The van der Waals surface area contributed by atoms with Crippen molar-refractivity contribution in [2.75, 3.05) is 6.61 Å². The Labute approximate surface area is 184 Å². The lowest BCUT2D eigenvalue weighted by molar-refractivity contribution is -0.0190. The number of hydrazone groups is 1. The molecule has 0 unspecified atom stereocenters. The van der Waals surface area contributed by atoms with Gasteiger partial charge in [0.15, 0.2) is 0 Å². The summed E-state index contributed by atoms with van der Waals surface area (Å²) in [5, 5.41) is 7.11. The normalized spacial score (nSPS) is 19.4. The highest BCUT2D eigenvalue weighted by Gasteiger charge is 2.41. The minimum absolute atomic E-state index is 0.128. The fourth-order valence-corrected chi connectivity index (χ4v) is 4.35. The van der Waals surface area contributed by atoms with Crippen molar-refractivity contribution in [2.45, 2.75) is 18.7 Å². The number of nitrogens with zero attached hydrogens (tertiary/aromatic N) is 2. The van der Waals surface area contributed by atoms with E-state index in [0.29, 0.717) is 6.61 Å². The van der Waals surface area contributed by atoms with Crippen molar-refractivity contribution in [3.63, 3.8) is 0 Å². The molecule has 0 aliphatic carbocycles. The van der Waals surface area contributed by atoms with E-state index in [1.807, 2.05) is 42.5 Å². The van der Waals surface area contributed by atoms with Crippen LogP contribution in [0.15, 0.2) is 95.0 Å². The van der Waals surface area contributed by atoms with Crippen molar-refractivity contribution in [1.29, 1.82) is 0 Å². The average molecular weight is 461 g/mol. The molecule has 0 amide bonds. The zero-order chi connectivity index (χ0) is 20.5. The molecule has 2 atom stereocenters. The third-order valence-electron chi connectivity index (χ3n) is 5.39. The van der Waals surface area contributed by atoms with Crippen molar-refractivity contribution in [2.24, 2.45) is 5.10 Å². The van der Waals surface area contributed by atoms with E-state index >= 15 is 0 Å². The molecule has 3 aromatic rings. The molecule has 4 nitrogen and oxygen atoms in total. The van der Waals surface area contributed by atoms with Gasteiger partial charge < -0.3 is 9.47 Å². The van der Waals surface area contributed by atoms with Crippen molar-refractivity contribution in [3.05, 3.63) is 107 Å². The van der Waals surface area contributed by atoms with E-state index in [1.54, 1.807) is 6.08 Å². The Morgan fingerprint density at radius 3 is 2.67 bits per heavy atom. The maximum absolute atomic E-state index is 6.40. The number of fused-ring (bicyclic) bond motifs is 3. The molecule has 2 heterocycles. The highest BCUT2D eigenvalue weighted by molar-refractivity contribution is 9.10. The van der Waals surface area contributed by atoms with Gasteiger partial charge in [-0.1, -0.05) is 58.9 Å². The first-order chi connectivity index (χ1) is 14.7. The van der Waals surface area contributed by atoms with Gasteiger partial charge in [0.25, 0.3) is 0 Å². The van der Waals surface area contributed by atoms with Crippen LogP contribution in [0.1, 0.15) is 35.4 Å². The molecule has 0 spiro atoms. The third-order valence-corrected chi connectivity index (χ3v) is 5.89. The molecule has 2 aliphatic heterocycles. The van der Waals surface area contributed by atoms with Gasteiger partial charge in [0, 0.05) is 22.0 Å². The standard InChI is InChI=1S/C25H21BrN2O2/c1-2-14-29-20-11-8-17(9-12-20)22-16-23-21-15-19(26)10-13-24(21)30-25(28(23)27-22)18-6-4-3-5-7-18/h2-13,15,23,25H,1,14,16H2/t23-,25+/m0/s1. The fraction of sp³-hybridized carbons (Fsp3) is 0.160. The molecule has 0 saturated carbocycles. The SMILES string of the molecule is C=CCOc1ccc(C2=NN3[C@@H](c4ccccc4)Oc4ccc(Br)cc4[C@@H]3C2)cc1. The summed E-state index contributed by atoms with van der Waals surface area (Å²) in [7, 11) is 0. The molecular weight excluding hydrogens is 440 g/mol. The number of halogens is 1. The number of ether oxygens (including phenoxy) is 2. The number of rotatable bonds is 5. The molecule has 0 N–H and O–H groups in total. The van der Waals surface area contributed by atoms with E-state index in [1.165, 1.54) is 0 Å². The van der Waals surface area contributed by atoms with Gasteiger partial charge >= 0.3 is 0 Å². The van der Waals surface area contributed by atoms with Gasteiger partial charge in [-0.2, -0.15) is 5.10 Å². The summed E-state index contributed by atoms with van der Waals surface area (Å²) >= 11 is 3.60. The van der Waals surface area contributed by atoms with Crippen LogP contribution in [-0.4, -0.2) is 17.3 Å². The first-order valence-corrected chi connectivity index (χ1v) is 10.7. The quantitative estimate of drug-likeness (QED) is 0.421. The topological polar surface area (TPSA) is 34.1 Å². The van der Waals surface area contributed by atoms with Gasteiger partial charge in [-0.25, -0.2) is 5.01 Å². The van der Waals surface area contributed by atoms with Crippen molar-refractivity contribution >= 4 is 21.6 Å². The van der Waals surface area contributed by atoms with E-state index in [0.717, 1.165) is 44.8 Å². The molecule has 0 fully saturated rings. The molecule has 0 saturated heterocycles. The summed E-state index contributed by atoms with van der Waals surface area (Å²) in [4.78, 5) is 0. The summed E-state index contributed by atoms with van der Waals surface area (Å²) in [6.45, 7) is 4.19. The van der Waals surface area contributed by atoms with E-state index in [4.69, 9.17) is 14.6 Å². The van der Waals surface area contributed by atoms with E-state index in [2.05, 4.69) is 57.8 Å². The van der Waals surface area contributed by atoms with Gasteiger partial charge in [-0.15, -0.1) is 0 Å². The van der Waals surface area contributed by atoms with Crippen molar-refractivity contribution < 1.29 is 9.47 Å². The summed E-state index contributed by atoms with van der Waals surface area (Å²) in [5.74, 6) is 1.74. The van der Waals surface area contributed by atoms with Gasteiger partial charge in [0.1, 0.15) is 18.1 Å². The van der Waals surface area contributed by atoms with Gasteiger partial charge in [-0.3, -0.25) is 0 Å². The second kappa shape index (κ2) is 8.00. The highest BCUT2D eigenvalue weighted by Crippen LogP contribution is 2.48. The van der Waals surface area contributed by atoms with Crippen LogP contribution in [0, 0.1) is 0 Å². The zero-order valence-corrected chi connectivity index (χ0v) is 18.0. The fourth-order valence-electron chi connectivity index (χ4n) is 3.97. The maximum atomic E-state index is 6.40. The van der Waals surface area contributed by atoms with Crippen molar-refractivity contribution in [3.8, 4) is 11.5 Å². The van der Waals surface area contributed by atoms with Gasteiger partial charge in [-0.05, 0) is 48.0 Å². The Morgan fingerprint density at radius 1 is 1.10 bits per heavy atom. The predicted octanol–water partition coefficient (Wildman–Crippen LogP) is 6.26. The lowest BCUT2D eigenvalue weighted by atomic mass is 9.96. The summed E-state index contributed by atoms with van der Waals surface area (Å²) < 4.78 is 13.1. The Balaban J connectivity index is 1.51. The van der Waals surface area contributed by atoms with Crippen LogP contribution >= 0.6 is 15.9 Å².